The van der Waals surface area contributed by atoms with Crippen molar-refractivity contribution in [1.82, 2.24) is 10.3 Å². The minimum absolute atomic E-state index is 0.194. The normalized spacial score (nSPS) is 12.7. The number of benzene rings is 2. The summed E-state index contributed by atoms with van der Waals surface area (Å²) in [4.78, 5) is 29.5. The van der Waals surface area contributed by atoms with Crippen LogP contribution in [0.15, 0.2) is 72.9 Å². The maximum absolute atomic E-state index is 13.1. The number of carboxylic acids is 1. The predicted molar refractivity (Wildman–Crippen MR) is 124 cm³/mol. The number of nitrogens with zero attached hydrogens (tertiary/aromatic N) is 1. The first-order valence-corrected chi connectivity index (χ1v) is 11.2. The average Bonchev–Trinajstić information content (AvgIpc) is 2.82. The van der Waals surface area contributed by atoms with Crippen LogP contribution in [-0.4, -0.2) is 34.3 Å². The van der Waals surface area contributed by atoms with E-state index in [1.54, 1.807) is 24.4 Å². The molecule has 0 saturated heterocycles. The van der Waals surface area contributed by atoms with Gasteiger partial charge in [-0.3, -0.25) is 9.78 Å². The molecule has 3 rings (SSSR count). The SMILES string of the molecule is CSC(CC(NC(=O)c1ccccc1-c1ccccc1)C(=O)O)c1ncccc1CN. The second-order valence-corrected chi connectivity index (χ2v) is 8.03. The minimum Gasteiger partial charge on any atom is -0.480 e. The van der Waals surface area contributed by atoms with E-state index >= 15 is 0 Å². The molecule has 0 aliphatic carbocycles. The van der Waals surface area contributed by atoms with Crippen LogP contribution >= 0.6 is 11.8 Å². The third kappa shape index (κ3) is 5.51. The molecule has 160 valence electrons. The van der Waals surface area contributed by atoms with E-state index in [1.165, 1.54) is 11.8 Å². The molecule has 2 aromatic carbocycles. The Morgan fingerprint density at radius 3 is 2.45 bits per heavy atom. The summed E-state index contributed by atoms with van der Waals surface area (Å²) >= 11 is 1.49. The first-order valence-electron chi connectivity index (χ1n) is 9.90. The van der Waals surface area contributed by atoms with Crippen LogP contribution in [0.25, 0.3) is 11.1 Å². The number of carbonyl (C=O) groups excluding carboxylic acids is 1. The molecule has 0 fully saturated rings. The summed E-state index contributed by atoms with van der Waals surface area (Å²) in [6, 6.07) is 19.3. The second kappa shape index (κ2) is 10.7. The van der Waals surface area contributed by atoms with E-state index in [1.807, 2.05) is 54.8 Å². The molecule has 6 nitrogen and oxygen atoms in total. The van der Waals surface area contributed by atoms with Gasteiger partial charge in [0.05, 0.1) is 5.69 Å². The maximum Gasteiger partial charge on any atom is 0.326 e. The highest BCUT2D eigenvalue weighted by Crippen LogP contribution is 2.32. The summed E-state index contributed by atoms with van der Waals surface area (Å²) in [7, 11) is 0. The topological polar surface area (TPSA) is 105 Å². The smallest absolute Gasteiger partial charge is 0.326 e. The summed E-state index contributed by atoms with van der Waals surface area (Å²) in [6.07, 6.45) is 3.76. The number of aromatic nitrogens is 1. The van der Waals surface area contributed by atoms with Crippen molar-refractivity contribution in [3.8, 4) is 11.1 Å². The van der Waals surface area contributed by atoms with Gasteiger partial charge in [0.2, 0.25) is 0 Å². The molecule has 0 bridgehead atoms. The molecule has 1 aromatic heterocycles. The summed E-state index contributed by atoms with van der Waals surface area (Å²) in [6.45, 7) is 0.314. The van der Waals surface area contributed by atoms with Gasteiger partial charge < -0.3 is 16.2 Å². The van der Waals surface area contributed by atoms with Crippen LogP contribution in [0.3, 0.4) is 0 Å². The molecule has 0 saturated carbocycles. The molecule has 2 atom stereocenters. The van der Waals surface area contributed by atoms with Gasteiger partial charge in [0.25, 0.3) is 5.91 Å². The van der Waals surface area contributed by atoms with Crippen molar-refractivity contribution in [3.63, 3.8) is 0 Å². The van der Waals surface area contributed by atoms with E-state index in [4.69, 9.17) is 5.73 Å². The fourth-order valence-corrected chi connectivity index (χ4v) is 4.28. The fraction of sp³-hybridized carbons (Fsp3) is 0.208. The highest BCUT2D eigenvalue weighted by Gasteiger charge is 2.27. The van der Waals surface area contributed by atoms with Crippen LogP contribution in [0.2, 0.25) is 0 Å². The van der Waals surface area contributed by atoms with E-state index < -0.39 is 17.9 Å². The van der Waals surface area contributed by atoms with Crippen molar-refractivity contribution in [2.24, 2.45) is 5.73 Å². The predicted octanol–water partition coefficient (Wildman–Crippen LogP) is 3.88. The van der Waals surface area contributed by atoms with Gasteiger partial charge in [-0.2, -0.15) is 11.8 Å². The molecule has 0 spiro atoms. The fourth-order valence-electron chi connectivity index (χ4n) is 3.45. The van der Waals surface area contributed by atoms with Crippen molar-refractivity contribution >= 4 is 23.6 Å². The standard InChI is InChI=1S/C24H25N3O3S/c1-31-21(22-17(15-25)10-7-13-26-22)14-20(24(29)30)27-23(28)19-12-6-5-11-18(19)16-8-3-2-4-9-16/h2-13,20-21H,14-15,25H2,1H3,(H,27,28)(H,29,30). The van der Waals surface area contributed by atoms with E-state index in [0.717, 1.165) is 22.4 Å². The number of nitrogens with one attached hydrogen (secondary N) is 1. The number of aliphatic carboxylic acids is 1. The van der Waals surface area contributed by atoms with Crippen LogP contribution in [0, 0.1) is 0 Å². The number of carbonyl (C=O) groups is 2. The Hall–Kier alpha value is -3.16. The van der Waals surface area contributed by atoms with Gasteiger partial charge in [-0.25, -0.2) is 4.79 Å². The largest absolute Gasteiger partial charge is 0.480 e. The Morgan fingerprint density at radius 1 is 1.06 bits per heavy atom. The number of hydrogen-bond donors (Lipinski definition) is 3. The monoisotopic (exact) mass is 435 g/mol. The zero-order valence-corrected chi connectivity index (χ0v) is 18.0. The molecule has 4 N–H and O–H groups in total. The van der Waals surface area contributed by atoms with E-state index in [0.29, 0.717) is 12.1 Å². The molecular weight excluding hydrogens is 410 g/mol. The molecule has 0 aliphatic heterocycles. The number of carboxylic acid groups (broad SMARTS) is 1. The van der Waals surface area contributed by atoms with Crippen LogP contribution in [-0.2, 0) is 11.3 Å². The summed E-state index contributed by atoms with van der Waals surface area (Å²) in [5.41, 5.74) is 9.52. The molecule has 0 radical (unpaired) electrons. The summed E-state index contributed by atoms with van der Waals surface area (Å²) < 4.78 is 0. The Labute approximate surface area is 185 Å². The highest BCUT2D eigenvalue weighted by atomic mass is 32.2. The molecule has 3 aromatic rings. The number of thioether (sulfide) groups is 1. The Balaban J connectivity index is 1.84. The van der Waals surface area contributed by atoms with Gasteiger partial charge in [-0.15, -0.1) is 0 Å². The van der Waals surface area contributed by atoms with Crippen molar-refractivity contribution in [1.29, 1.82) is 0 Å². The van der Waals surface area contributed by atoms with Gasteiger partial charge in [0.15, 0.2) is 0 Å². The average molecular weight is 436 g/mol. The van der Waals surface area contributed by atoms with Crippen LogP contribution in [0.1, 0.15) is 33.3 Å². The third-order valence-electron chi connectivity index (χ3n) is 5.05. The maximum atomic E-state index is 13.1. The zero-order valence-electron chi connectivity index (χ0n) is 17.2. The zero-order chi connectivity index (χ0) is 22.2. The Morgan fingerprint density at radius 2 is 1.77 bits per heavy atom. The first kappa shape index (κ1) is 22.5. The minimum atomic E-state index is -1.09. The van der Waals surface area contributed by atoms with Crippen molar-refractivity contribution in [2.45, 2.75) is 24.3 Å². The van der Waals surface area contributed by atoms with Crippen molar-refractivity contribution in [2.75, 3.05) is 6.26 Å². The van der Waals surface area contributed by atoms with Crippen molar-refractivity contribution in [3.05, 3.63) is 89.7 Å². The van der Waals surface area contributed by atoms with E-state index in [2.05, 4.69) is 10.3 Å². The molecule has 31 heavy (non-hydrogen) atoms. The van der Waals surface area contributed by atoms with Gasteiger partial charge in [-0.1, -0.05) is 54.6 Å². The summed E-state index contributed by atoms with van der Waals surface area (Å²) in [5, 5.41) is 12.3. The van der Waals surface area contributed by atoms with Gasteiger partial charge in [0.1, 0.15) is 6.04 Å². The number of hydrogen-bond acceptors (Lipinski definition) is 5. The lowest BCUT2D eigenvalue weighted by Gasteiger charge is -2.22. The lowest BCUT2D eigenvalue weighted by atomic mass is 9.98. The number of amides is 1. The molecule has 1 amide bonds. The van der Waals surface area contributed by atoms with E-state index in [9.17, 15) is 14.7 Å². The summed E-state index contributed by atoms with van der Waals surface area (Å²) in [5.74, 6) is -1.51. The van der Waals surface area contributed by atoms with Crippen LogP contribution in [0.5, 0.6) is 0 Å². The molecule has 2 unspecified atom stereocenters. The lowest BCUT2D eigenvalue weighted by molar-refractivity contribution is -0.139. The quantitative estimate of drug-likeness (QED) is 0.471. The number of pyridine rings is 1. The second-order valence-electron chi connectivity index (χ2n) is 6.99. The lowest BCUT2D eigenvalue weighted by Crippen LogP contribution is -2.41. The molecule has 0 aliphatic rings. The van der Waals surface area contributed by atoms with Gasteiger partial charge >= 0.3 is 5.97 Å². The van der Waals surface area contributed by atoms with Crippen molar-refractivity contribution < 1.29 is 14.7 Å². The Bertz CT molecular complexity index is 1040. The highest BCUT2D eigenvalue weighted by molar-refractivity contribution is 7.98. The van der Waals surface area contributed by atoms with Crippen LogP contribution in [0.4, 0.5) is 0 Å². The number of rotatable bonds is 9. The van der Waals surface area contributed by atoms with Gasteiger partial charge in [-0.05, 0) is 41.5 Å². The molecule has 1 heterocycles. The molecule has 7 heteroatoms. The number of nitrogens with two attached hydrogens (primary N) is 1. The molecular formula is C24H25N3O3S. The van der Waals surface area contributed by atoms with Gasteiger partial charge in [0, 0.05) is 23.6 Å². The third-order valence-corrected chi connectivity index (χ3v) is 6.03. The Kier molecular flexibility index (Phi) is 7.81. The first-order chi connectivity index (χ1) is 15.0. The van der Waals surface area contributed by atoms with Crippen LogP contribution < -0.4 is 11.1 Å². The van der Waals surface area contributed by atoms with E-state index in [-0.39, 0.29) is 11.7 Å².